The second-order valence-electron chi connectivity index (χ2n) is 9.23. The van der Waals surface area contributed by atoms with Crippen LogP contribution in [-0.2, 0) is 26.2 Å². The number of rotatable bonds is 11. The molecule has 1 aliphatic carbocycles. The Bertz CT molecular complexity index is 1270. The number of carbonyl (C=O) groups is 2. The number of nitrogens with zero attached hydrogens (tertiary/aromatic N) is 2. The molecule has 0 aromatic heterocycles. The van der Waals surface area contributed by atoms with E-state index in [2.05, 4.69) is 5.32 Å². The summed E-state index contributed by atoms with van der Waals surface area (Å²) < 4.78 is 37.2. The van der Waals surface area contributed by atoms with E-state index in [-0.39, 0.29) is 29.9 Å². The number of anilines is 1. The lowest BCUT2D eigenvalue weighted by Crippen LogP contribution is -2.52. The third-order valence-corrected chi connectivity index (χ3v) is 8.27. The number of amides is 2. The summed E-state index contributed by atoms with van der Waals surface area (Å²) in [5, 5.41) is 3.78. The number of halogens is 2. The van der Waals surface area contributed by atoms with Gasteiger partial charge in [-0.05, 0) is 49.6 Å². The minimum Gasteiger partial charge on any atom is -0.497 e. The maximum Gasteiger partial charge on any atom is 0.244 e. The van der Waals surface area contributed by atoms with Gasteiger partial charge in [-0.15, -0.1) is 0 Å². The Labute approximate surface area is 234 Å². The molecular weight excluding hydrogens is 553 g/mol. The first kappa shape index (κ1) is 29.9. The van der Waals surface area contributed by atoms with Crippen molar-refractivity contribution in [3.05, 3.63) is 52.0 Å². The molecule has 0 spiro atoms. The maximum absolute atomic E-state index is 13.8. The van der Waals surface area contributed by atoms with E-state index < -0.39 is 28.5 Å². The average Bonchev–Trinajstić information content (AvgIpc) is 3.38. The third kappa shape index (κ3) is 7.45. The normalized spacial score (nSPS) is 14.6. The highest BCUT2D eigenvalue weighted by molar-refractivity contribution is 7.92. The van der Waals surface area contributed by atoms with E-state index in [0.717, 1.165) is 36.2 Å². The van der Waals surface area contributed by atoms with Crippen molar-refractivity contribution in [1.82, 2.24) is 10.2 Å². The van der Waals surface area contributed by atoms with Crippen molar-refractivity contribution in [3.63, 3.8) is 0 Å². The fourth-order valence-corrected chi connectivity index (χ4v) is 5.72. The average molecular weight is 587 g/mol. The summed E-state index contributed by atoms with van der Waals surface area (Å²) in [5.41, 5.74) is 0.731. The summed E-state index contributed by atoms with van der Waals surface area (Å²) in [6.45, 7) is 1.03. The molecule has 9 nitrogen and oxygen atoms in total. The molecule has 1 aliphatic rings. The van der Waals surface area contributed by atoms with Gasteiger partial charge in [0.2, 0.25) is 21.8 Å². The van der Waals surface area contributed by atoms with Crippen LogP contribution in [0.1, 0.15) is 38.2 Å². The van der Waals surface area contributed by atoms with Gasteiger partial charge in [0, 0.05) is 28.7 Å². The predicted octanol–water partition coefficient (Wildman–Crippen LogP) is 4.25. The predicted molar refractivity (Wildman–Crippen MR) is 149 cm³/mol. The molecule has 1 atom stereocenters. The highest BCUT2D eigenvalue weighted by Crippen LogP contribution is 2.34. The van der Waals surface area contributed by atoms with Gasteiger partial charge in [-0.3, -0.25) is 13.9 Å². The van der Waals surface area contributed by atoms with Crippen molar-refractivity contribution < 1.29 is 27.5 Å². The van der Waals surface area contributed by atoms with Crippen LogP contribution in [0.25, 0.3) is 0 Å². The molecule has 0 unspecified atom stereocenters. The van der Waals surface area contributed by atoms with Gasteiger partial charge >= 0.3 is 0 Å². The number of benzene rings is 2. The summed E-state index contributed by atoms with van der Waals surface area (Å²) in [5.74, 6) is -0.236. The van der Waals surface area contributed by atoms with Crippen LogP contribution in [0.3, 0.4) is 0 Å². The van der Waals surface area contributed by atoms with E-state index in [1.165, 1.54) is 31.3 Å². The quantitative estimate of drug-likeness (QED) is 0.422. The number of nitrogens with one attached hydrogen (secondary N) is 1. The van der Waals surface area contributed by atoms with Crippen LogP contribution in [0.4, 0.5) is 5.69 Å². The summed E-state index contributed by atoms with van der Waals surface area (Å²) in [7, 11) is -1.06. The zero-order chi connectivity index (χ0) is 28.0. The van der Waals surface area contributed by atoms with Crippen LogP contribution < -0.4 is 19.1 Å². The van der Waals surface area contributed by atoms with Gasteiger partial charge in [-0.25, -0.2) is 8.42 Å². The van der Waals surface area contributed by atoms with Crippen molar-refractivity contribution >= 4 is 50.7 Å². The van der Waals surface area contributed by atoms with Gasteiger partial charge in [0.1, 0.15) is 24.1 Å². The number of hydrogen-bond acceptors (Lipinski definition) is 6. The topological polar surface area (TPSA) is 105 Å². The van der Waals surface area contributed by atoms with Crippen LogP contribution in [0, 0.1) is 0 Å². The van der Waals surface area contributed by atoms with Gasteiger partial charge in [-0.1, -0.05) is 42.1 Å². The van der Waals surface area contributed by atoms with Crippen molar-refractivity contribution in [3.8, 4) is 11.5 Å². The van der Waals surface area contributed by atoms with Gasteiger partial charge in [0.25, 0.3) is 0 Å². The van der Waals surface area contributed by atoms with E-state index in [0.29, 0.717) is 21.4 Å². The van der Waals surface area contributed by atoms with E-state index in [1.54, 1.807) is 31.2 Å². The zero-order valence-electron chi connectivity index (χ0n) is 21.9. The number of methoxy groups -OCH3 is 2. The molecule has 1 N–H and O–H groups in total. The van der Waals surface area contributed by atoms with E-state index >= 15 is 0 Å². The first-order chi connectivity index (χ1) is 17.9. The molecule has 0 aliphatic heterocycles. The lowest BCUT2D eigenvalue weighted by Gasteiger charge is -2.32. The Morgan fingerprint density at radius 2 is 1.76 bits per heavy atom. The molecule has 3 rings (SSSR count). The third-order valence-electron chi connectivity index (χ3n) is 6.56. The molecule has 12 heteroatoms. The van der Waals surface area contributed by atoms with E-state index in [9.17, 15) is 18.0 Å². The highest BCUT2D eigenvalue weighted by atomic mass is 35.5. The first-order valence-electron chi connectivity index (χ1n) is 12.2. The minimum absolute atomic E-state index is 0.0224. The maximum atomic E-state index is 13.8. The number of ether oxygens (including phenoxy) is 2. The highest BCUT2D eigenvalue weighted by Gasteiger charge is 2.32. The fourth-order valence-electron chi connectivity index (χ4n) is 4.39. The Morgan fingerprint density at radius 3 is 2.34 bits per heavy atom. The largest absolute Gasteiger partial charge is 0.497 e. The molecule has 2 aromatic rings. The molecule has 1 saturated carbocycles. The molecular formula is C26H33Cl2N3O6S. The van der Waals surface area contributed by atoms with Crippen molar-refractivity contribution in [2.24, 2.45) is 0 Å². The van der Waals surface area contributed by atoms with Crippen molar-refractivity contribution in [2.75, 3.05) is 31.3 Å². The Kier molecular flexibility index (Phi) is 10.1. The standard InChI is InChI=1S/C26H33Cl2N3O6S/c1-17(26(33)29-20-7-5-6-8-20)30(15-18-9-10-19(27)13-22(18)28)25(32)16-31(38(4,34)35)23-12-11-21(36-2)14-24(23)37-3/h9-14,17,20H,5-8,15-16H2,1-4H3,(H,29,33)/t17-/m0/s1. The second-order valence-corrected chi connectivity index (χ2v) is 12.0. The SMILES string of the molecule is COc1ccc(N(CC(=O)N(Cc2ccc(Cl)cc2Cl)[C@@H](C)C(=O)NC2CCCC2)S(C)(=O)=O)c(OC)c1. The van der Waals surface area contributed by atoms with Crippen LogP contribution in [-0.4, -0.2) is 64.2 Å². The Balaban J connectivity index is 1.95. The summed E-state index contributed by atoms with van der Waals surface area (Å²) in [4.78, 5) is 28.3. The molecule has 0 saturated heterocycles. The van der Waals surface area contributed by atoms with Gasteiger partial charge < -0.3 is 19.7 Å². The molecule has 2 amide bonds. The lowest BCUT2D eigenvalue weighted by molar-refractivity contribution is -0.139. The van der Waals surface area contributed by atoms with Crippen molar-refractivity contribution in [1.29, 1.82) is 0 Å². The minimum atomic E-state index is -3.93. The van der Waals surface area contributed by atoms with Crippen LogP contribution >= 0.6 is 23.2 Å². The fraction of sp³-hybridized carbons (Fsp3) is 0.462. The number of hydrogen-bond donors (Lipinski definition) is 1. The zero-order valence-corrected chi connectivity index (χ0v) is 24.2. The van der Waals surface area contributed by atoms with Crippen molar-refractivity contribution in [2.45, 2.75) is 51.2 Å². The van der Waals surface area contributed by atoms with Crippen LogP contribution in [0.15, 0.2) is 36.4 Å². The molecule has 208 valence electrons. The molecule has 0 heterocycles. The second kappa shape index (κ2) is 12.9. The Morgan fingerprint density at radius 1 is 1.08 bits per heavy atom. The van der Waals surface area contributed by atoms with Gasteiger partial charge in [0.05, 0.1) is 26.2 Å². The smallest absolute Gasteiger partial charge is 0.244 e. The lowest BCUT2D eigenvalue weighted by atomic mass is 10.1. The summed E-state index contributed by atoms with van der Waals surface area (Å²) in [6.07, 6.45) is 4.84. The van der Waals surface area contributed by atoms with Crippen LogP contribution in [0.5, 0.6) is 11.5 Å². The molecule has 2 aromatic carbocycles. The molecule has 1 fully saturated rings. The number of carbonyl (C=O) groups excluding carboxylic acids is 2. The number of sulfonamides is 1. The molecule has 0 radical (unpaired) electrons. The van der Waals surface area contributed by atoms with E-state index in [1.807, 2.05) is 0 Å². The first-order valence-corrected chi connectivity index (χ1v) is 14.8. The monoisotopic (exact) mass is 585 g/mol. The summed E-state index contributed by atoms with van der Waals surface area (Å²) >= 11 is 12.4. The molecule has 38 heavy (non-hydrogen) atoms. The Hall–Kier alpha value is -2.69. The van der Waals surface area contributed by atoms with E-state index in [4.69, 9.17) is 32.7 Å². The van der Waals surface area contributed by atoms with Gasteiger partial charge in [-0.2, -0.15) is 0 Å². The van der Waals surface area contributed by atoms with Gasteiger partial charge in [0.15, 0.2) is 0 Å². The van der Waals surface area contributed by atoms with Crippen LogP contribution in [0.2, 0.25) is 10.0 Å². The molecule has 0 bridgehead atoms. The summed E-state index contributed by atoms with van der Waals surface area (Å²) in [6, 6.07) is 8.63.